The standard InChI is InChI=1S/C31H35N6O9P/c1-17(30(38)41-20-11-4-3-5-12-20)36-47(40,46-22-14-8-10-19-9-6-7-13-21(19)22)45-18(2)24-25-26(44-31(39)43-25)29(42-24)37-16-35-23-27(32)33-15-34-28(23)37/h6-10,13-18,20,24-26,29H,3-5,11-12H2,1-2H3,(H,36,40)(H2,32,33,34)/t17?,18?,24-,25-,26-,29-,47?/m1/s1. The molecule has 0 spiro atoms. The number of aromatic nitrogens is 4. The smallest absolute Gasteiger partial charge is 0.461 e. The van der Waals surface area contributed by atoms with Crippen LogP contribution in [0.1, 0.15) is 52.2 Å². The van der Waals surface area contributed by atoms with E-state index in [1.807, 2.05) is 30.3 Å². The van der Waals surface area contributed by atoms with Crippen molar-refractivity contribution in [2.45, 2.75) is 88.7 Å². The van der Waals surface area contributed by atoms with Crippen LogP contribution in [-0.4, -0.2) is 68.2 Å². The lowest BCUT2D eigenvalue weighted by atomic mass is 9.98. The van der Waals surface area contributed by atoms with Gasteiger partial charge in [0.2, 0.25) is 0 Å². The van der Waals surface area contributed by atoms with E-state index >= 15 is 0 Å². The van der Waals surface area contributed by atoms with Crippen LogP contribution in [0.2, 0.25) is 0 Å². The molecule has 1 aliphatic carbocycles. The first-order valence-electron chi connectivity index (χ1n) is 15.6. The SMILES string of the molecule is CC(NP(=O)(Oc1cccc2ccccc12)OC(C)[C@H]1O[C@@H](n2cnc3c(N)ncnc32)[C@@H]2OC(=O)O[C@@H]21)C(=O)OC1CCCCC1. The lowest BCUT2D eigenvalue weighted by molar-refractivity contribution is -0.152. The Hall–Kier alpha value is -4.30. The second-order valence-electron chi connectivity index (χ2n) is 11.9. The van der Waals surface area contributed by atoms with Gasteiger partial charge < -0.3 is 29.2 Å². The molecule has 7 rings (SSSR count). The Kier molecular flexibility index (Phi) is 8.47. The molecule has 2 aromatic heterocycles. The Morgan fingerprint density at radius 1 is 1.04 bits per heavy atom. The number of rotatable bonds is 10. The van der Waals surface area contributed by atoms with Crippen molar-refractivity contribution in [3.8, 4) is 5.75 Å². The third-order valence-corrected chi connectivity index (χ3v) is 10.4. The van der Waals surface area contributed by atoms with Crippen LogP contribution in [-0.2, 0) is 32.8 Å². The molecule has 0 radical (unpaired) electrons. The maximum Gasteiger partial charge on any atom is 0.509 e. The highest BCUT2D eigenvalue weighted by Gasteiger charge is 2.58. The van der Waals surface area contributed by atoms with Crippen molar-refractivity contribution in [2.24, 2.45) is 0 Å². The Morgan fingerprint density at radius 3 is 2.64 bits per heavy atom. The summed E-state index contributed by atoms with van der Waals surface area (Å²) in [6.07, 6.45) is 1.49. The second kappa shape index (κ2) is 12.7. The summed E-state index contributed by atoms with van der Waals surface area (Å²) in [7, 11) is -4.36. The zero-order valence-electron chi connectivity index (χ0n) is 25.8. The largest absolute Gasteiger partial charge is 0.509 e. The zero-order valence-corrected chi connectivity index (χ0v) is 26.7. The van der Waals surface area contributed by atoms with Gasteiger partial charge in [0.05, 0.1) is 12.4 Å². The fourth-order valence-electron chi connectivity index (χ4n) is 6.33. The average molecular weight is 667 g/mol. The molecular formula is C31H35N6O9P. The van der Waals surface area contributed by atoms with Gasteiger partial charge in [0.1, 0.15) is 35.8 Å². The van der Waals surface area contributed by atoms with E-state index < -0.39 is 56.6 Å². The highest BCUT2D eigenvalue weighted by molar-refractivity contribution is 7.52. The minimum atomic E-state index is -4.36. The van der Waals surface area contributed by atoms with Crippen molar-refractivity contribution in [1.29, 1.82) is 0 Å². The first-order valence-corrected chi connectivity index (χ1v) is 17.1. The number of nitrogens with one attached hydrogen (secondary N) is 1. The topological polar surface area (TPSA) is 188 Å². The molecule has 4 heterocycles. The van der Waals surface area contributed by atoms with E-state index in [0.29, 0.717) is 16.6 Å². The Balaban J connectivity index is 1.16. The summed E-state index contributed by atoms with van der Waals surface area (Å²) in [4.78, 5) is 38.0. The minimum Gasteiger partial charge on any atom is -0.461 e. The summed E-state index contributed by atoms with van der Waals surface area (Å²) in [5.74, 6) is -0.122. The molecule has 16 heteroatoms. The molecule has 4 aromatic rings. The monoisotopic (exact) mass is 666 g/mol. The molecular weight excluding hydrogens is 631 g/mol. The Bertz CT molecular complexity index is 1840. The van der Waals surface area contributed by atoms with Crippen molar-refractivity contribution in [3.63, 3.8) is 0 Å². The van der Waals surface area contributed by atoms with E-state index in [4.69, 9.17) is 33.7 Å². The van der Waals surface area contributed by atoms with Gasteiger partial charge in [-0.3, -0.25) is 13.9 Å². The van der Waals surface area contributed by atoms with Crippen molar-refractivity contribution in [3.05, 3.63) is 55.1 Å². The summed E-state index contributed by atoms with van der Waals surface area (Å²) in [5.41, 5.74) is 6.67. The van der Waals surface area contributed by atoms with Gasteiger partial charge in [0.15, 0.2) is 29.9 Å². The molecule has 3 N–H and O–H groups in total. The van der Waals surface area contributed by atoms with Crippen molar-refractivity contribution < 1.29 is 42.1 Å². The summed E-state index contributed by atoms with van der Waals surface area (Å²) in [6, 6.07) is 11.7. The van der Waals surface area contributed by atoms with E-state index in [1.54, 1.807) is 30.5 Å². The number of nitrogens with zero attached hydrogens (tertiary/aromatic N) is 4. The number of benzene rings is 2. The fourth-order valence-corrected chi connectivity index (χ4v) is 8.05. The van der Waals surface area contributed by atoms with Gasteiger partial charge in [-0.2, -0.15) is 5.09 Å². The zero-order chi connectivity index (χ0) is 32.7. The molecule has 248 valence electrons. The van der Waals surface area contributed by atoms with Crippen LogP contribution in [0.5, 0.6) is 5.75 Å². The summed E-state index contributed by atoms with van der Waals surface area (Å²) in [6.45, 7) is 3.15. The number of hydrogen-bond donors (Lipinski definition) is 2. The number of hydrogen-bond acceptors (Lipinski definition) is 13. The van der Waals surface area contributed by atoms with Crippen LogP contribution in [0.15, 0.2) is 55.1 Å². The summed E-state index contributed by atoms with van der Waals surface area (Å²) in [5, 5.41) is 4.33. The highest BCUT2D eigenvalue weighted by atomic mass is 31.2. The minimum absolute atomic E-state index is 0.171. The van der Waals surface area contributed by atoms with Crippen LogP contribution in [0.25, 0.3) is 21.9 Å². The number of fused-ring (bicyclic) bond motifs is 3. The van der Waals surface area contributed by atoms with Gasteiger partial charge in [-0.1, -0.05) is 42.8 Å². The maximum absolute atomic E-state index is 14.7. The number of anilines is 1. The molecule has 7 atom stereocenters. The first kappa shape index (κ1) is 31.3. The van der Waals surface area contributed by atoms with E-state index in [0.717, 1.165) is 37.5 Å². The van der Waals surface area contributed by atoms with Crippen molar-refractivity contribution in [1.82, 2.24) is 24.6 Å². The molecule has 3 fully saturated rings. The predicted molar refractivity (Wildman–Crippen MR) is 167 cm³/mol. The molecule has 2 aromatic carbocycles. The second-order valence-corrected chi connectivity index (χ2v) is 13.6. The van der Waals surface area contributed by atoms with Crippen LogP contribution in [0.4, 0.5) is 10.6 Å². The van der Waals surface area contributed by atoms with Gasteiger partial charge in [-0.05, 0) is 51.0 Å². The Labute approximate surface area is 269 Å². The molecule has 0 bridgehead atoms. The number of carbonyl (C=O) groups excluding carboxylic acids is 2. The third-order valence-electron chi connectivity index (χ3n) is 8.63. The molecule has 47 heavy (non-hydrogen) atoms. The van der Waals surface area contributed by atoms with Crippen LogP contribution in [0, 0.1) is 0 Å². The Morgan fingerprint density at radius 2 is 1.81 bits per heavy atom. The average Bonchev–Trinajstić information content (AvgIpc) is 3.75. The van der Waals surface area contributed by atoms with Gasteiger partial charge in [0, 0.05) is 5.39 Å². The van der Waals surface area contributed by atoms with Crippen molar-refractivity contribution in [2.75, 3.05) is 5.73 Å². The van der Waals surface area contributed by atoms with Crippen LogP contribution in [0.3, 0.4) is 0 Å². The number of carbonyl (C=O) groups is 2. The molecule has 2 aliphatic heterocycles. The summed E-state index contributed by atoms with van der Waals surface area (Å²) >= 11 is 0. The van der Waals surface area contributed by atoms with Gasteiger partial charge in [-0.15, -0.1) is 0 Å². The van der Waals surface area contributed by atoms with Crippen molar-refractivity contribution >= 4 is 47.6 Å². The lowest BCUT2D eigenvalue weighted by Gasteiger charge is -2.30. The lowest BCUT2D eigenvalue weighted by Crippen LogP contribution is -2.41. The van der Waals surface area contributed by atoms with Gasteiger partial charge in [0.25, 0.3) is 0 Å². The maximum atomic E-state index is 14.7. The van der Waals surface area contributed by atoms with E-state index in [-0.39, 0.29) is 17.7 Å². The van der Waals surface area contributed by atoms with Crippen LogP contribution >= 0.6 is 7.75 Å². The van der Waals surface area contributed by atoms with Crippen LogP contribution < -0.4 is 15.3 Å². The summed E-state index contributed by atoms with van der Waals surface area (Å²) < 4.78 is 51.6. The number of esters is 1. The highest BCUT2D eigenvalue weighted by Crippen LogP contribution is 2.50. The van der Waals surface area contributed by atoms with E-state index in [2.05, 4.69) is 20.0 Å². The third kappa shape index (κ3) is 6.23. The van der Waals surface area contributed by atoms with Gasteiger partial charge >= 0.3 is 19.9 Å². The number of ether oxygens (including phenoxy) is 4. The fraction of sp³-hybridized carbons (Fsp3) is 0.452. The molecule has 1 saturated carbocycles. The quantitative estimate of drug-likeness (QED) is 0.173. The number of nitrogen functional groups attached to an aromatic ring is 1. The molecule has 3 unspecified atom stereocenters. The van der Waals surface area contributed by atoms with E-state index in [9.17, 15) is 14.2 Å². The number of imidazole rings is 1. The molecule has 2 saturated heterocycles. The van der Waals surface area contributed by atoms with E-state index in [1.165, 1.54) is 12.7 Å². The predicted octanol–water partition coefficient (Wildman–Crippen LogP) is 4.81. The first-order chi connectivity index (χ1) is 22.7. The normalized spacial score (nSPS) is 25.4. The van der Waals surface area contributed by atoms with Gasteiger partial charge in [-0.25, -0.2) is 24.3 Å². The molecule has 0 amide bonds. The number of nitrogens with two attached hydrogens (primary N) is 1. The molecule has 15 nitrogen and oxygen atoms in total. The molecule has 3 aliphatic rings.